The lowest BCUT2D eigenvalue weighted by molar-refractivity contribution is -0.158. The predicted molar refractivity (Wildman–Crippen MR) is 60.6 cm³/mol. The van der Waals surface area contributed by atoms with Gasteiger partial charge < -0.3 is 10.1 Å². The molecule has 0 aromatic carbocycles. The molecule has 15 heavy (non-hydrogen) atoms. The fourth-order valence-corrected chi connectivity index (χ4v) is 2.12. The molecule has 0 amide bonds. The maximum atomic E-state index is 11.8. The first-order chi connectivity index (χ1) is 6.78. The molecule has 0 aromatic heterocycles. The Morgan fingerprint density at radius 3 is 2.33 bits per heavy atom. The zero-order valence-corrected chi connectivity index (χ0v) is 10.5. The molecule has 1 N–H and O–H groups in total. The molecule has 88 valence electrons. The van der Waals surface area contributed by atoms with Gasteiger partial charge in [-0.1, -0.05) is 6.92 Å². The maximum Gasteiger partial charge on any atom is 0.323 e. The summed E-state index contributed by atoms with van der Waals surface area (Å²) in [7, 11) is 0. The van der Waals surface area contributed by atoms with E-state index in [4.69, 9.17) is 4.74 Å². The van der Waals surface area contributed by atoms with E-state index in [9.17, 15) is 4.79 Å². The van der Waals surface area contributed by atoms with E-state index in [0.29, 0.717) is 12.0 Å². The van der Waals surface area contributed by atoms with Crippen LogP contribution in [0, 0.1) is 5.92 Å². The third-order valence-electron chi connectivity index (χ3n) is 2.57. The van der Waals surface area contributed by atoms with Gasteiger partial charge in [-0.25, -0.2) is 0 Å². The first-order valence-corrected chi connectivity index (χ1v) is 5.77. The average molecular weight is 213 g/mol. The van der Waals surface area contributed by atoms with Crippen molar-refractivity contribution in [2.24, 2.45) is 5.92 Å². The molecule has 0 aromatic rings. The van der Waals surface area contributed by atoms with Crippen LogP contribution in [0.2, 0.25) is 0 Å². The normalized spacial score (nSPS) is 32.5. The number of hydrogen-bond donors (Lipinski definition) is 1. The first kappa shape index (κ1) is 12.5. The minimum atomic E-state index is -0.386. The molecule has 0 saturated carbocycles. The van der Waals surface area contributed by atoms with Gasteiger partial charge in [-0.2, -0.15) is 0 Å². The summed E-state index contributed by atoms with van der Waals surface area (Å²) in [5.74, 6) is 0.486. The highest BCUT2D eigenvalue weighted by Gasteiger charge is 2.31. The number of carbonyl (C=O) groups is 1. The van der Waals surface area contributed by atoms with Crippen LogP contribution >= 0.6 is 0 Å². The maximum absolute atomic E-state index is 11.8. The van der Waals surface area contributed by atoms with Gasteiger partial charge in [0, 0.05) is 6.04 Å². The standard InChI is InChI=1S/C12H23NO2/c1-8-6-9(2)13-10(7-8)11(14)15-12(3,4)5/h8-10,13H,6-7H2,1-5H3/t8-,9+,10+/m0/s1. The van der Waals surface area contributed by atoms with E-state index in [-0.39, 0.29) is 17.6 Å². The molecule has 1 heterocycles. The monoisotopic (exact) mass is 213 g/mol. The minimum absolute atomic E-state index is 0.110. The smallest absolute Gasteiger partial charge is 0.323 e. The Morgan fingerprint density at radius 1 is 1.27 bits per heavy atom. The number of rotatable bonds is 1. The lowest BCUT2D eigenvalue weighted by Gasteiger charge is -2.33. The summed E-state index contributed by atoms with van der Waals surface area (Å²) >= 11 is 0. The quantitative estimate of drug-likeness (QED) is 0.678. The predicted octanol–water partition coefficient (Wildman–Crippen LogP) is 2.10. The largest absolute Gasteiger partial charge is 0.459 e. The molecule has 0 spiro atoms. The second-order valence-corrected chi connectivity index (χ2v) is 5.73. The lowest BCUT2D eigenvalue weighted by atomic mass is 9.90. The Balaban J connectivity index is 2.52. The molecular weight excluding hydrogens is 190 g/mol. The summed E-state index contributed by atoms with van der Waals surface area (Å²) in [5.41, 5.74) is -0.386. The van der Waals surface area contributed by atoms with Crippen LogP contribution < -0.4 is 5.32 Å². The van der Waals surface area contributed by atoms with Crippen molar-refractivity contribution in [3.8, 4) is 0 Å². The van der Waals surface area contributed by atoms with Crippen LogP contribution in [0.15, 0.2) is 0 Å². The van der Waals surface area contributed by atoms with E-state index in [2.05, 4.69) is 19.2 Å². The highest BCUT2D eigenvalue weighted by Crippen LogP contribution is 2.21. The SMILES string of the molecule is C[C@H]1C[C@@H](C)N[C@@H](C(=O)OC(C)(C)C)C1. The van der Waals surface area contributed by atoms with Crippen molar-refractivity contribution < 1.29 is 9.53 Å². The Kier molecular flexibility index (Phi) is 3.77. The zero-order chi connectivity index (χ0) is 11.6. The Hall–Kier alpha value is -0.570. The van der Waals surface area contributed by atoms with Crippen molar-refractivity contribution in [3.05, 3.63) is 0 Å². The van der Waals surface area contributed by atoms with E-state index in [1.807, 2.05) is 20.8 Å². The van der Waals surface area contributed by atoms with Crippen molar-refractivity contribution in [1.82, 2.24) is 5.32 Å². The molecule has 0 bridgehead atoms. The van der Waals surface area contributed by atoms with Crippen LogP contribution in [0.1, 0.15) is 47.5 Å². The molecule has 1 saturated heterocycles. The van der Waals surface area contributed by atoms with E-state index in [1.54, 1.807) is 0 Å². The Bertz CT molecular complexity index is 222. The number of carbonyl (C=O) groups excluding carboxylic acids is 1. The second kappa shape index (κ2) is 4.52. The van der Waals surface area contributed by atoms with Crippen LogP contribution in [-0.2, 0) is 9.53 Å². The van der Waals surface area contributed by atoms with Gasteiger partial charge in [-0.3, -0.25) is 4.79 Å². The van der Waals surface area contributed by atoms with Crippen molar-refractivity contribution in [3.63, 3.8) is 0 Å². The van der Waals surface area contributed by atoms with Gasteiger partial charge in [0.1, 0.15) is 11.6 Å². The number of hydrogen-bond acceptors (Lipinski definition) is 3. The van der Waals surface area contributed by atoms with Gasteiger partial charge in [0.2, 0.25) is 0 Å². The zero-order valence-electron chi connectivity index (χ0n) is 10.5. The van der Waals surface area contributed by atoms with E-state index < -0.39 is 0 Å². The second-order valence-electron chi connectivity index (χ2n) is 5.73. The van der Waals surface area contributed by atoms with Crippen molar-refractivity contribution in [1.29, 1.82) is 0 Å². The average Bonchev–Trinajstić information content (AvgIpc) is 1.98. The van der Waals surface area contributed by atoms with Crippen molar-refractivity contribution in [2.45, 2.75) is 65.1 Å². The molecule has 0 unspecified atom stereocenters. The van der Waals surface area contributed by atoms with Gasteiger partial charge >= 0.3 is 5.97 Å². The van der Waals surface area contributed by atoms with Crippen LogP contribution in [-0.4, -0.2) is 23.7 Å². The van der Waals surface area contributed by atoms with Crippen LogP contribution in [0.5, 0.6) is 0 Å². The van der Waals surface area contributed by atoms with Crippen LogP contribution in [0.3, 0.4) is 0 Å². The van der Waals surface area contributed by atoms with Crippen molar-refractivity contribution >= 4 is 5.97 Å². The van der Waals surface area contributed by atoms with Crippen molar-refractivity contribution in [2.75, 3.05) is 0 Å². The van der Waals surface area contributed by atoms with Gasteiger partial charge in [0.05, 0.1) is 0 Å². The minimum Gasteiger partial charge on any atom is -0.459 e. The van der Waals surface area contributed by atoms with Crippen LogP contribution in [0.4, 0.5) is 0 Å². The lowest BCUT2D eigenvalue weighted by Crippen LogP contribution is -2.49. The van der Waals surface area contributed by atoms with E-state index in [0.717, 1.165) is 12.8 Å². The molecule has 1 fully saturated rings. The number of ether oxygens (including phenoxy) is 1. The highest BCUT2D eigenvalue weighted by molar-refractivity contribution is 5.76. The molecule has 1 aliphatic rings. The molecule has 1 rings (SSSR count). The molecule has 0 aliphatic carbocycles. The summed E-state index contributed by atoms with van der Waals surface area (Å²) in [6.07, 6.45) is 2.03. The summed E-state index contributed by atoms with van der Waals surface area (Å²) in [4.78, 5) is 11.8. The number of piperidine rings is 1. The van der Waals surface area contributed by atoms with Gasteiger partial charge in [0.25, 0.3) is 0 Å². The molecule has 1 aliphatic heterocycles. The fourth-order valence-electron chi connectivity index (χ4n) is 2.12. The number of nitrogens with one attached hydrogen (secondary N) is 1. The molecule has 3 heteroatoms. The topological polar surface area (TPSA) is 38.3 Å². The summed E-state index contributed by atoms with van der Waals surface area (Å²) < 4.78 is 5.37. The third-order valence-corrected chi connectivity index (χ3v) is 2.57. The summed E-state index contributed by atoms with van der Waals surface area (Å²) in [5, 5.41) is 3.29. The Labute approximate surface area is 92.6 Å². The van der Waals surface area contributed by atoms with Gasteiger partial charge in [-0.05, 0) is 46.5 Å². The molecule has 3 nitrogen and oxygen atoms in total. The Morgan fingerprint density at radius 2 is 1.87 bits per heavy atom. The van der Waals surface area contributed by atoms with E-state index in [1.165, 1.54) is 0 Å². The molecule has 0 radical (unpaired) electrons. The number of esters is 1. The van der Waals surface area contributed by atoms with Gasteiger partial charge in [0.15, 0.2) is 0 Å². The molecule has 3 atom stereocenters. The third kappa shape index (κ3) is 4.20. The fraction of sp³-hybridized carbons (Fsp3) is 0.917. The first-order valence-electron chi connectivity index (χ1n) is 5.77. The summed E-state index contributed by atoms with van der Waals surface area (Å²) in [6.45, 7) is 10.0. The summed E-state index contributed by atoms with van der Waals surface area (Å²) in [6, 6.07) is 0.286. The van der Waals surface area contributed by atoms with Gasteiger partial charge in [-0.15, -0.1) is 0 Å². The molecular formula is C12H23NO2. The van der Waals surface area contributed by atoms with E-state index >= 15 is 0 Å². The highest BCUT2D eigenvalue weighted by atomic mass is 16.6. The van der Waals surface area contributed by atoms with Crippen LogP contribution in [0.25, 0.3) is 0 Å².